The SMILES string of the molecule is Cc1ccc(Oc2ccc(C(F)(F)F)cc2)c(C=O)c1. The Hall–Kier alpha value is -2.30. The van der Waals surface area contributed by atoms with Gasteiger partial charge in [0, 0.05) is 0 Å². The number of ether oxygens (including phenoxy) is 1. The molecule has 0 aliphatic heterocycles. The molecule has 0 spiro atoms. The second-order valence-corrected chi connectivity index (χ2v) is 4.28. The Morgan fingerprint density at radius 2 is 1.70 bits per heavy atom. The summed E-state index contributed by atoms with van der Waals surface area (Å²) < 4.78 is 42.7. The van der Waals surface area contributed by atoms with Gasteiger partial charge in [-0.25, -0.2) is 0 Å². The Balaban J connectivity index is 2.25. The third kappa shape index (κ3) is 3.17. The summed E-state index contributed by atoms with van der Waals surface area (Å²) in [4.78, 5) is 10.9. The molecule has 2 rings (SSSR count). The summed E-state index contributed by atoms with van der Waals surface area (Å²) >= 11 is 0. The molecule has 2 aromatic rings. The average Bonchev–Trinajstić information content (AvgIpc) is 2.40. The lowest BCUT2D eigenvalue weighted by atomic mass is 10.1. The first-order valence-corrected chi connectivity index (χ1v) is 5.81. The number of hydrogen-bond acceptors (Lipinski definition) is 2. The molecule has 0 bridgehead atoms. The van der Waals surface area contributed by atoms with E-state index in [2.05, 4.69) is 0 Å². The van der Waals surface area contributed by atoms with Gasteiger partial charge in [0.05, 0.1) is 11.1 Å². The minimum Gasteiger partial charge on any atom is -0.457 e. The van der Waals surface area contributed by atoms with E-state index in [4.69, 9.17) is 4.74 Å². The summed E-state index contributed by atoms with van der Waals surface area (Å²) in [6, 6.07) is 9.32. The summed E-state index contributed by atoms with van der Waals surface area (Å²) in [5, 5.41) is 0. The number of rotatable bonds is 3. The maximum Gasteiger partial charge on any atom is 0.416 e. The molecule has 0 radical (unpaired) electrons. The molecule has 0 fully saturated rings. The Bertz CT molecular complexity index is 616. The third-order valence-corrected chi connectivity index (χ3v) is 2.70. The summed E-state index contributed by atoms with van der Waals surface area (Å²) in [6.07, 6.45) is -3.73. The Kier molecular flexibility index (Phi) is 3.79. The zero-order valence-corrected chi connectivity index (χ0v) is 10.6. The highest BCUT2D eigenvalue weighted by atomic mass is 19.4. The second kappa shape index (κ2) is 5.36. The van der Waals surface area contributed by atoms with Crippen molar-refractivity contribution in [2.24, 2.45) is 0 Å². The molecular weight excluding hydrogens is 269 g/mol. The predicted octanol–water partition coefficient (Wildman–Crippen LogP) is 4.62. The maximum atomic E-state index is 12.4. The number of hydrogen-bond donors (Lipinski definition) is 0. The van der Waals surface area contributed by atoms with Crippen LogP contribution < -0.4 is 4.74 Å². The first kappa shape index (κ1) is 14.1. The number of carbonyl (C=O) groups excluding carboxylic acids is 1. The van der Waals surface area contributed by atoms with Crippen molar-refractivity contribution in [3.8, 4) is 11.5 Å². The van der Waals surface area contributed by atoms with Crippen molar-refractivity contribution in [3.63, 3.8) is 0 Å². The van der Waals surface area contributed by atoms with Crippen LogP contribution in [0.4, 0.5) is 13.2 Å². The fourth-order valence-corrected chi connectivity index (χ4v) is 1.69. The normalized spacial score (nSPS) is 11.2. The van der Waals surface area contributed by atoms with Crippen LogP contribution in [0.5, 0.6) is 11.5 Å². The van der Waals surface area contributed by atoms with Gasteiger partial charge in [0.2, 0.25) is 0 Å². The zero-order chi connectivity index (χ0) is 14.8. The van der Waals surface area contributed by atoms with Gasteiger partial charge < -0.3 is 4.74 Å². The van der Waals surface area contributed by atoms with Gasteiger partial charge in [-0.05, 0) is 43.3 Å². The van der Waals surface area contributed by atoms with Crippen LogP contribution in [0.15, 0.2) is 42.5 Å². The number of benzene rings is 2. The van der Waals surface area contributed by atoms with E-state index in [1.807, 2.05) is 6.92 Å². The molecule has 2 aromatic carbocycles. The van der Waals surface area contributed by atoms with Crippen LogP contribution in [-0.2, 0) is 6.18 Å². The molecule has 0 saturated carbocycles. The van der Waals surface area contributed by atoms with Crippen molar-refractivity contribution >= 4 is 6.29 Å². The molecule has 0 aliphatic rings. The molecule has 0 saturated heterocycles. The van der Waals surface area contributed by atoms with Crippen molar-refractivity contribution in [1.29, 1.82) is 0 Å². The summed E-state index contributed by atoms with van der Waals surface area (Å²) in [6.45, 7) is 1.83. The van der Waals surface area contributed by atoms with Crippen LogP contribution in [0, 0.1) is 6.92 Å². The van der Waals surface area contributed by atoms with Gasteiger partial charge in [0.15, 0.2) is 6.29 Å². The van der Waals surface area contributed by atoms with Crippen molar-refractivity contribution in [3.05, 3.63) is 59.2 Å². The van der Waals surface area contributed by atoms with Gasteiger partial charge in [0.1, 0.15) is 11.5 Å². The van der Waals surface area contributed by atoms with E-state index < -0.39 is 11.7 Å². The molecule has 0 unspecified atom stereocenters. The second-order valence-electron chi connectivity index (χ2n) is 4.28. The molecule has 0 N–H and O–H groups in total. The van der Waals surface area contributed by atoms with Gasteiger partial charge in [-0.15, -0.1) is 0 Å². The minimum atomic E-state index is -4.38. The van der Waals surface area contributed by atoms with Gasteiger partial charge >= 0.3 is 6.18 Å². The molecule has 0 amide bonds. The Morgan fingerprint density at radius 3 is 2.25 bits per heavy atom. The van der Waals surface area contributed by atoms with Crippen molar-refractivity contribution in [1.82, 2.24) is 0 Å². The largest absolute Gasteiger partial charge is 0.457 e. The highest BCUT2D eigenvalue weighted by Crippen LogP contribution is 2.32. The lowest BCUT2D eigenvalue weighted by molar-refractivity contribution is -0.137. The number of aldehydes is 1. The molecule has 0 heterocycles. The number of alkyl halides is 3. The predicted molar refractivity (Wildman–Crippen MR) is 68.1 cm³/mol. The number of halogens is 3. The van der Waals surface area contributed by atoms with Crippen LogP contribution in [0.2, 0.25) is 0 Å². The molecule has 0 aromatic heterocycles. The van der Waals surface area contributed by atoms with Crippen LogP contribution in [-0.4, -0.2) is 6.29 Å². The van der Waals surface area contributed by atoms with Crippen molar-refractivity contribution in [2.45, 2.75) is 13.1 Å². The summed E-state index contributed by atoms with van der Waals surface area (Å²) in [5.41, 5.74) is 0.501. The van der Waals surface area contributed by atoms with E-state index in [9.17, 15) is 18.0 Å². The van der Waals surface area contributed by atoms with E-state index in [0.717, 1.165) is 17.7 Å². The van der Waals surface area contributed by atoms with Crippen LogP contribution >= 0.6 is 0 Å². The lowest BCUT2D eigenvalue weighted by Crippen LogP contribution is -2.04. The van der Waals surface area contributed by atoms with Gasteiger partial charge in [-0.1, -0.05) is 11.6 Å². The highest BCUT2D eigenvalue weighted by molar-refractivity contribution is 5.79. The fraction of sp³-hybridized carbons (Fsp3) is 0.133. The van der Waals surface area contributed by atoms with E-state index in [1.54, 1.807) is 18.2 Å². The van der Waals surface area contributed by atoms with E-state index in [-0.39, 0.29) is 5.75 Å². The first-order valence-electron chi connectivity index (χ1n) is 5.81. The molecule has 5 heteroatoms. The van der Waals surface area contributed by atoms with Crippen molar-refractivity contribution in [2.75, 3.05) is 0 Å². The molecule has 2 nitrogen and oxygen atoms in total. The molecule has 0 atom stereocenters. The molecule has 0 aliphatic carbocycles. The van der Waals surface area contributed by atoms with E-state index in [1.165, 1.54) is 12.1 Å². The smallest absolute Gasteiger partial charge is 0.416 e. The summed E-state index contributed by atoms with van der Waals surface area (Å²) in [5.74, 6) is 0.551. The van der Waals surface area contributed by atoms with Crippen LogP contribution in [0.3, 0.4) is 0 Å². The average molecular weight is 280 g/mol. The maximum absolute atomic E-state index is 12.4. The minimum absolute atomic E-state index is 0.241. The number of carbonyl (C=O) groups is 1. The fourth-order valence-electron chi connectivity index (χ4n) is 1.69. The van der Waals surface area contributed by atoms with Crippen LogP contribution in [0.25, 0.3) is 0 Å². The number of aryl methyl sites for hydroxylation is 1. The van der Waals surface area contributed by atoms with Gasteiger partial charge in [0.25, 0.3) is 0 Å². The topological polar surface area (TPSA) is 26.3 Å². The standard InChI is InChI=1S/C15H11F3O2/c1-10-2-7-14(11(8-10)9-19)20-13-5-3-12(4-6-13)15(16,17)18/h2-9H,1H3. The van der Waals surface area contributed by atoms with Gasteiger partial charge in [-0.2, -0.15) is 13.2 Å². The zero-order valence-electron chi connectivity index (χ0n) is 10.6. The molecule has 20 heavy (non-hydrogen) atoms. The van der Waals surface area contributed by atoms with Crippen LogP contribution in [0.1, 0.15) is 21.5 Å². The third-order valence-electron chi connectivity index (χ3n) is 2.70. The first-order chi connectivity index (χ1) is 9.40. The molecule has 104 valence electrons. The van der Waals surface area contributed by atoms with E-state index >= 15 is 0 Å². The highest BCUT2D eigenvalue weighted by Gasteiger charge is 2.30. The van der Waals surface area contributed by atoms with Gasteiger partial charge in [-0.3, -0.25) is 4.79 Å². The monoisotopic (exact) mass is 280 g/mol. The summed E-state index contributed by atoms with van der Waals surface area (Å²) in [7, 11) is 0. The van der Waals surface area contributed by atoms with Crippen molar-refractivity contribution < 1.29 is 22.7 Å². The Morgan fingerprint density at radius 1 is 1.05 bits per heavy atom. The Labute approximate surface area is 113 Å². The molecular formula is C15H11F3O2. The quantitative estimate of drug-likeness (QED) is 0.767. The van der Waals surface area contributed by atoms with E-state index in [0.29, 0.717) is 17.6 Å². The lowest BCUT2D eigenvalue weighted by Gasteiger charge is -2.10.